The van der Waals surface area contributed by atoms with E-state index < -0.39 is 5.97 Å². The van der Waals surface area contributed by atoms with Gasteiger partial charge < -0.3 is 14.8 Å². The summed E-state index contributed by atoms with van der Waals surface area (Å²) in [6.45, 7) is 4.54. The molecule has 2 aromatic rings. The van der Waals surface area contributed by atoms with Crippen LogP contribution in [0.4, 0.5) is 10.2 Å². The molecule has 0 aliphatic heterocycles. The van der Waals surface area contributed by atoms with Gasteiger partial charge in [0.25, 0.3) is 0 Å². The lowest BCUT2D eigenvalue weighted by Crippen LogP contribution is -2.39. The van der Waals surface area contributed by atoms with Gasteiger partial charge >= 0.3 is 5.97 Å². The highest BCUT2D eigenvalue weighted by molar-refractivity contribution is 5.92. The van der Waals surface area contributed by atoms with Crippen LogP contribution in [0.3, 0.4) is 0 Å². The number of aryl methyl sites for hydroxylation is 1. The topological polar surface area (TPSA) is 85.7 Å². The molecule has 8 nitrogen and oxygen atoms in total. The van der Waals surface area contributed by atoms with Crippen LogP contribution >= 0.6 is 0 Å². The molecule has 1 N–H and O–H groups in total. The SMILES string of the molecule is CCOC(=O)CN(CCOC)CC(=O)Nc1cc(C)nn1-c1ccc(F)cc1. The number of carbonyl (C=O) groups is 2. The highest BCUT2D eigenvalue weighted by atomic mass is 19.1. The summed E-state index contributed by atoms with van der Waals surface area (Å²) < 4.78 is 24.7. The van der Waals surface area contributed by atoms with Crippen molar-refractivity contribution >= 4 is 17.7 Å². The standard InChI is InChI=1S/C19H25FN4O4/c1-4-28-19(26)13-23(9-10-27-3)12-18(25)21-17-11-14(2)22-24(17)16-7-5-15(20)6-8-16/h5-8,11H,4,9-10,12-13H2,1-3H3,(H,21,25). The van der Waals surface area contributed by atoms with Crippen LogP contribution in [0.1, 0.15) is 12.6 Å². The van der Waals surface area contributed by atoms with Gasteiger partial charge in [0, 0.05) is 19.7 Å². The van der Waals surface area contributed by atoms with E-state index in [1.165, 1.54) is 16.8 Å². The number of methoxy groups -OCH3 is 1. The van der Waals surface area contributed by atoms with Crippen molar-refractivity contribution in [1.29, 1.82) is 0 Å². The van der Waals surface area contributed by atoms with Gasteiger partial charge in [0.15, 0.2) is 0 Å². The summed E-state index contributed by atoms with van der Waals surface area (Å²) >= 11 is 0. The molecule has 152 valence electrons. The molecule has 0 unspecified atom stereocenters. The average molecular weight is 392 g/mol. The van der Waals surface area contributed by atoms with Gasteiger partial charge in [-0.15, -0.1) is 0 Å². The minimum atomic E-state index is -0.404. The second-order valence-corrected chi connectivity index (χ2v) is 6.12. The lowest BCUT2D eigenvalue weighted by Gasteiger charge is -2.20. The molecule has 1 amide bonds. The number of ether oxygens (including phenoxy) is 2. The van der Waals surface area contributed by atoms with Crippen molar-refractivity contribution < 1.29 is 23.5 Å². The number of halogens is 1. The molecular weight excluding hydrogens is 367 g/mol. The van der Waals surface area contributed by atoms with Gasteiger partial charge in [0.2, 0.25) is 5.91 Å². The van der Waals surface area contributed by atoms with E-state index in [2.05, 4.69) is 10.4 Å². The molecule has 0 aliphatic rings. The predicted molar refractivity (Wildman–Crippen MR) is 102 cm³/mol. The molecule has 0 atom stereocenters. The van der Waals surface area contributed by atoms with E-state index in [0.29, 0.717) is 30.4 Å². The number of benzene rings is 1. The Balaban J connectivity index is 2.08. The third kappa shape index (κ3) is 6.43. The molecule has 1 aromatic heterocycles. The van der Waals surface area contributed by atoms with Crippen LogP contribution in [0.5, 0.6) is 0 Å². The third-order valence-corrected chi connectivity index (χ3v) is 3.81. The van der Waals surface area contributed by atoms with Crippen LogP contribution < -0.4 is 5.32 Å². The van der Waals surface area contributed by atoms with Crippen molar-refractivity contribution in [2.45, 2.75) is 13.8 Å². The van der Waals surface area contributed by atoms with Crippen molar-refractivity contribution in [2.75, 3.05) is 45.3 Å². The zero-order valence-corrected chi connectivity index (χ0v) is 16.3. The zero-order chi connectivity index (χ0) is 20.5. The Morgan fingerprint density at radius 1 is 1.25 bits per heavy atom. The van der Waals surface area contributed by atoms with E-state index >= 15 is 0 Å². The van der Waals surface area contributed by atoms with Crippen molar-refractivity contribution in [3.8, 4) is 5.69 Å². The third-order valence-electron chi connectivity index (χ3n) is 3.81. The van der Waals surface area contributed by atoms with Gasteiger partial charge in [-0.2, -0.15) is 5.10 Å². The van der Waals surface area contributed by atoms with E-state index in [1.807, 2.05) is 0 Å². The van der Waals surface area contributed by atoms with Gasteiger partial charge in [-0.25, -0.2) is 9.07 Å². The normalized spacial score (nSPS) is 10.9. The number of anilines is 1. The largest absolute Gasteiger partial charge is 0.465 e. The number of nitrogens with one attached hydrogen (secondary N) is 1. The molecule has 1 aromatic carbocycles. The summed E-state index contributed by atoms with van der Waals surface area (Å²) in [5, 5.41) is 7.13. The number of esters is 1. The lowest BCUT2D eigenvalue weighted by atomic mass is 10.3. The Bertz CT molecular complexity index is 792. The molecular formula is C19H25FN4O4. The molecule has 0 aliphatic carbocycles. The number of nitrogens with zero attached hydrogens (tertiary/aromatic N) is 3. The van der Waals surface area contributed by atoms with Crippen molar-refractivity contribution in [3.63, 3.8) is 0 Å². The molecule has 0 spiro atoms. The van der Waals surface area contributed by atoms with E-state index in [4.69, 9.17) is 9.47 Å². The maximum atomic E-state index is 13.2. The molecule has 2 rings (SSSR count). The molecule has 0 saturated carbocycles. The fourth-order valence-electron chi connectivity index (χ4n) is 2.58. The molecule has 0 saturated heterocycles. The van der Waals surface area contributed by atoms with Crippen molar-refractivity contribution in [2.24, 2.45) is 0 Å². The summed E-state index contributed by atoms with van der Waals surface area (Å²) in [6, 6.07) is 7.51. The van der Waals surface area contributed by atoms with E-state index in [1.54, 1.807) is 44.1 Å². The highest BCUT2D eigenvalue weighted by Crippen LogP contribution is 2.17. The summed E-state index contributed by atoms with van der Waals surface area (Å²) in [5.74, 6) is -0.620. The number of hydrogen-bond acceptors (Lipinski definition) is 6. The van der Waals surface area contributed by atoms with Gasteiger partial charge in [-0.3, -0.25) is 14.5 Å². The van der Waals surface area contributed by atoms with Crippen LogP contribution in [0.2, 0.25) is 0 Å². The molecule has 0 fully saturated rings. The van der Waals surface area contributed by atoms with Crippen LogP contribution in [-0.2, 0) is 19.1 Å². The molecule has 9 heteroatoms. The molecule has 0 radical (unpaired) electrons. The van der Waals surface area contributed by atoms with Crippen LogP contribution in [0.15, 0.2) is 30.3 Å². The Kier molecular flexibility index (Phi) is 8.09. The van der Waals surface area contributed by atoms with Gasteiger partial charge in [-0.05, 0) is 38.1 Å². The minimum absolute atomic E-state index is 0.0130. The summed E-state index contributed by atoms with van der Waals surface area (Å²) in [6.07, 6.45) is 0. The Morgan fingerprint density at radius 3 is 2.61 bits per heavy atom. The maximum Gasteiger partial charge on any atom is 0.320 e. The zero-order valence-electron chi connectivity index (χ0n) is 16.3. The van der Waals surface area contributed by atoms with E-state index in [0.717, 1.165) is 0 Å². The smallest absolute Gasteiger partial charge is 0.320 e. The van der Waals surface area contributed by atoms with Crippen molar-refractivity contribution in [1.82, 2.24) is 14.7 Å². The highest BCUT2D eigenvalue weighted by Gasteiger charge is 2.17. The molecule has 28 heavy (non-hydrogen) atoms. The fraction of sp³-hybridized carbons (Fsp3) is 0.421. The second kappa shape index (κ2) is 10.5. The van der Waals surface area contributed by atoms with Crippen LogP contribution in [0, 0.1) is 12.7 Å². The molecule has 0 bridgehead atoms. The lowest BCUT2D eigenvalue weighted by molar-refractivity contribution is -0.144. The number of hydrogen-bond donors (Lipinski definition) is 1. The van der Waals surface area contributed by atoms with E-state index in [9.17, 15) is 14.0 Å². The predicted octanol–water partition coefficient (Wildman–Crippen LogP) is 1.77. The number of aromatic nitrogens is 2. The molecule has 1 heterocycles. The quantitative estimate of drug-likeness (QED) is 0.621. The Hall–Kier alpha value is -2.78. The first-order valence-electron chi connectivity index (χ1n) is 8.92. The summed E-state index contributed by atoms with van der Waals surface area (Å²) in [4.78, 5) is 25.9. The first-order chi connectivity index (χ1) is 13.4. The second-order valence-electron chi connectivity index (χ2n) is 6.12. The fourth-order valence-corrected chi connectivity index (χ4v) is 2.58. The maximum absolute atomic E-state index is 13.2. The van der Waals surface area contributed by atoms with Crippen LogP contribution in [-0.4, -0.2) is 66.5 Å². The average Bonchev–Trinajstić information content (AvgIpc) is 3.00. The van der Waals surface area contributed by atoms with Crippen molar-refractivity contribution in [3.05, 3.63) is 41.8 Å². The van der Waals surface area contributed by atoms with Gasteiger partial charge in [0.05, 0.1) is 37.7 Å². The Morgan fingerprint density at radius 2 is 1.96 bits per heavy atom. The first kappa shape index (κ1) is 21.5. The van der Waals surface area contributed by atoms with E-state index in [-0.39, 0.29) is 31.4 Å². The first-order valence-corrected chi connectivity index (χ1v) is 8.92. The minimum Gasteiger partial charge on any atom is -0.465 e. The van der Waals surface area contributed by atoms with Gasteiger partial charge in [-0.1, -0.05) is 0 Å². The summed E-state index contributed by atoms with van der Waals surface area (Å²) in [5.41, 5.74) is 1.31. The monoisotopic (exact) mass is 392 g/mol. The number of amides is 1. The number of rotatable bonds is 10. The Labute approximate surface area is 163 Å². The number of carbonyl (C=O) groups excluding carboxylic acids is 2. The van der Waals surface area contributed by atoms with Gasteiger partial charge in [0.1, 0.15) is 11.6 Å². The summed E-state index contributed by atoms with van der Waals surface area (Å²) in [7, 11) is 1.55. The van der Waals surface area contributed by atoms with Crippen LogP contribution in [0.25, 0.3) is 5.69 Å².